The number of hydrogen-bond donors (Lipinski definition) is 2. The number of hydrogen-bond acceptors (Lipinski definition) is 9. The van der Waals surface area contributed by atoms with E-state index in [2.05, 4.69) is 20.3 Å². The summed E-state index contributed by atoms with van der Waals surface area (Å²) in [4.78, 5) is 42.8. The Bertz CT molecular complexity index is 1630. The molecular weight excluding hydrogens is 529 g/mol. The predicted octanol–water partition coefficient (Wildman–Crippen LogP) is 4.33. The Balaban J connectivity index is 1.34. The van der Waals surface area contributed by atoms with Crippen molar-refractivity contribution < 1.29 is 23.8 Å². The average Bonchev–Trinajstić information content (AvgIpc) is 3.52. The zero-order valence-electron chi connectivity index (χ0n) is 22.9. The number of aromatic nitrogens is 4. The van der Waals surface area contributed by atoms with E-state index in [0.717, 1.165) is 21.8 Å². The first kappa shape index (κ1) is 26.6. The summed E-state index contributed by atoms with van der Waals surface area (Å²) in [5, 5.41) is 13.1. The minimum atomic E-state index is -1.22. The van der Waals surface area contributed by atoms with Crippen molar-refractivity contribution in [3.05, 3.63) is 66.4 Å². The Kier molecular flexibility index (Phi) is 6.57. The molecule has 2 unspecified atom stereocenters. The predicted molar refractivity (Wildman–Crippen MR) is 150 cm³/mol. The minimum Gasteiger partial charge on any atom is -0.443 e. The summed E-state index contributed by atoms with van der Waals surface area (Å²) < 4.78 is 21.1. The second-order valence-corrected chi connectivity index (χ2v) is 11.2. The van der Waals surface area contributed by atoms with Gasteiger partial charge in [-0.25, -0.2) is 24.1 Å². The Morgan fingerprint density at radius 1 is 1.15 bits per heavy atom. The van der Waals surface area contributed by atoms with Crippen LogP contribution in [-0.4, -0.2) is 72.3 Å². The lowest BCUT2D eigenvalue weighted by atomic mass is 9.99. The quantitative estimate of drug-likeness (QED) is 0.376. The Hall–Kier alpha value is -4.58. The van der Waals surface area contributed by atoms with Gasteiger partial charge in [0.1, 0.15) is 23.7 Å². The molecule has 4 aromatic rings. The average molecular weight is 560 g/mol. The lowest BCUT2D eigenvalue weighted by Gasteiger charge is -2.33. The standard InChI is InChI=1S/C29H30FN7O4/c1-29(2,3)41-28(40)37-15-19-18(22-13-33-25-14-31-9-11-36(22)25)5-6-21(26(19)27(37)39)34-24-7-4-17(12-32-24)35-10-8-20(30)23(38)16-35/h4-7,9,11-14,20,23,38H,8,10,15-16H2,1-3H3,(H,32,34). The van der Waals surface area contributed by atoms with E-state index in [1.165, 1.54) is 0 Å². The number of nitrogens with zero attached hydrogens (tertiary/aromatic N) is 6. The largest absolute Gasteiger partial charge is 0.443 e. The van der Waals surface area contributed by atoms with Gasteiger partial charge >= 0.3 is 6.09 Å². The molecule has 2 atom stereocenters. The van der Waals surface area contributed by atoms with Gasteiger partial charge in [-0.15, -0.1) is 0 Å². The number of imidazole rings is 1. The Morgan fingerprint density at radius 2 is 1.98 bits per heavy atom. The van der Waals surface area contributed by atoms with E-state index in [4.69, 9.17) is 4.74 Å². The topological polar surface area (TPSA) is 125 Å². The fraction of sp³-hybridized carbons (Fsp3) is 0.345. The van der Waals surface area contributed by atoms with Crippen LogP contribution in [0.5, 0.6) is 0 Å². The van der Waals surface area contributed by atoms with E-state index in [0.29, 0.717) is 34.8 Å². The third kappa shape index (κ3) is 5.06. The van der Waals surface area contributed by atoms with Crippen molar-refractivity contribution in [2.45, 2.75) is 51.6 Å². The maximum absolute atomic E-state index is 13.7. The van der Waals surface area contributed by atoms with Gasteiger partial charge in [0.25, 0.3) is 5.91 Å². The van der Waals surface area contributed by atoms with Crippen molar-refractivity contribution in [1.82, 2.24) is 24.3 Å². The summed E-state index contributed by atoms with van der Waals surface area (Å²) in [6, 6.07) is 7.25. The number of fused-ring (bicyclic) bond motifs is 2. The number of anilines is 3. The van der Waals surface area contributed by atoms with Gasteiger partial charge in [0.2, 0.25) is 0 Å². The zero-order chi connectivity index (χ0) is 28.9. The molecule has 0 spiro atoms. The highest BCUT2D eigenvalue weighted by Gasteiger charge is 2.39. The molecule has 0 radical (unpaired) electrons. The molecule has 2 N–H and O–H groups in total. The number of rotatable bonds is 4. The number of alkyl halides is 1. The smallest absolute Gasteiger partial charge is 0.417 e. The number of aliphatic hydroxyl groups is 1. The number of ether oxygens (including phenoxy) is 1. The monoisotopic (exact) mass is 559 g/mol. The summed E-state index contributed by atoms with van der Waals surface area (Å²) in [7, 11) is 0. The molecular formula is C29H30FN7O4. The summed E-state index contributed by atoms with van der Waals surface area (Å²) in [5.74, 6) is 0.00260. The fourth-order valence-corrected chi connectivity index (χ4v) is 5.19. The van der Waals surface area contributed by atoms with Gasteiger partial charge in [-0.05, 0) is 51.0 Å². The van der Waals surface area contributed by atoms with E-state index < -0.39 is 29.9 Å². The Morgan fingerprint density at radius 3 is 2.71 bits per heavy atom. The second kappa shape index (κ2) is 10.1. The molecule has 11 nitrogen and oxygen atoms in total. The SMILES string of the molecule is CC(C)(C)OC(=O)N1Cc2c(-c3cnc4cnccn34)ccc(Nc3ccc(N4CCC(F)C(O)C4)cn3)c2C1=O. The number of imide groups is 1. The molecule has 2 amide bonds. The molecule has 1 saturated heterocycles. The van der Waals surface area contributed by atoms with E-state index in [1.54, 1.807) is 63.9 Å². The molecule has 41 heavy (non-hydrogen) atoms. The van der Waals surface area contributed by atoms with Crippen molar-refractivity contribution in [3.63, 3.8) is 0 Å². The van der Waals surface area contributed by atoms with E-state index in [9.17, 15) is 19.1 Å². The number of carbonyl (C=O) groups excluding carboxylic acids is 2. The van der Waals surface area contributed by atoms with Gasteiger partial charge in [-0.1, -0.05) is 6.07 Å². The molecule has 212 valence electrons. The number of aliphatic hydroxyl groups excluding tert-OH is 1. The van der Waals surface area contributed by atoms with Gasteiger partial charge in [0, 0.05) is 31.0 Å². The first-order valence-electron chi connectivity index (χ1n) is 13.4. The van der Waals surface area contributed by atoms with Gasteiger partial charge in [-0.3, -0.25) is 14.2 Å². The van der Waals surface area contributed by atoms with Crippen molar-refractivity contribution in [3.8, 4) is 11.3 Å². The fourth-order valence-electron chi connectivity index (χ4n) is 5.19. The summed E-state index contributed by atoms with van der Waals surface area (Å²) in [5.41, 5.74) is 3.64. The normalized spacial score (nSPS) is 19.0. The van der Waals surface area contributed by atoms with Crippen molar-refractivity contribution in [1.29, 1.82) is 0 Å². The molecule has 5 heterocycles. The molecule has 1 fully saturated rings. The van der Waals surface area contributed by atoms with Crippen LogP contribution in [0, 0.1) is 0 Å². The number of amides is 2. The molecule has 6 rings (SSSR count). The number of β-amino-alcohol motifs (C(OH)–C–C–N with tert-alkyl or cyclic N) is 1. The first-order valence-corrected chi connectivity index (χ1v) is 13.4. The molecule has 0 aliphatic carbocycles. The molecule has 0 saturated carbocycles. The summed E-state index contributed by atoms with van der Waals surface area (Å²) >= 11 is 0. The summed E-state index contributed by atoms with van der Waals surface area (Å²) in [6.07, 6.45) is 5.71. The van der Waals surface area contributed by atoms with Crippen LogP contribution in [-0.2, 0) is 11.3 Å². The molecule has 2 aliphatic heterocycles. The van der Waals surface area contributed by atoms with Gasteiger partial charge < -0.3 is 20.1 Å². The molecule has 12 heteroatoms. The van der Waals surface area contributed by atoms with Crippen LogP contribution in [0.25, 0.3) is 16.9 Å². The molecule has 0 bridgehead atoms. The second-order valence-electron chi connectivity index (χ2n) is 11.2. The number of pyridine rings is 1. The van der Waals surface area contributed by atoms with Crippen LogP contribution in [0.3, 0.4) is 0 Å². The van der Waals surface area contributed by atoms with Gasteiger partial charge in [-0.2, -0.15) is 0 Å². The minimum absolute atomic E-state index is 0.0332. The number of piperidine rings is 1. The first-order chi connectivity index (χ1) is 19.6. The highest BCUT2D eigenvalue weighted by molar-refractivity contribution is 6.11. The lowest BCUT2D eigenvalue weighted by Crippen LogP contribution is -2.45. The number of halogens is 1. The van der Waals surface area contributed by atoms with Crippen molar-refractivity contribution in [2.24, 2.45) is 0 Å². The number of nitrogens with one attached hydrogen (secondary N) is 1. The highest BCUT2D eigenvalue weighted by Crippen LogP contribution is 2.39. The van der Waals surface area contributed by atoms with Crippen LogP contribution >= 0.6 is 0 Å². The number of carbonyl (C=O) groups is 2. The number of benzene rings is 1. The van der Waals surface area contributed by atoms with Crippen LogP contribution in [0.15, 0.2) is 55.2 Å². The summed E-state index contributed by atoms with van der Waals surface area (Å²) in [6.45, 7) is 5.96. The third-order valence-corrected chi connectivity index (χ3v) is 7.17. The van der Waals surface area contributed by atoms with Crippen LogP contribution < -0.4 is 10.2 Å². The van der Waals surface area contributed by atoms with E-state index in [-0.39, 0.29) is 19.5 Å². The molecule has 1 aromatic carbocycles. The van der Waals surface area contributed by atoms with E-state index >= 15 is 0 Å². The van der Waals surface area contributed by atoms with Crippen molar-refractivity contribution >= 4 is 34.8 Å². The molecule has 2 aliphatic rings. The van der Waals surface area contributed by atoms with E-state index in [1.807, 2.05) is 21.4 Å². The molecule has 3 aromatic heterocycles. The van der Waals surface area contributed by atoms with Crippen molar-refractivity contribution in [2.75, 3.05) is 23.3 Å². The lowest BCUT2D eigenvalue weighted by molar-refractivity contribution is 0.0248. The van der Waals surface area contributed by atoms with Gasteiger partial charge in [0.05, 0.1) is 47.8 Å². The third-order valence-electron chi connectivity index (χ3n) is 7.17. The van der Waals surface area contributed by atoms with Gasteiger partial charge in [0.15, 0.2) is 5.65 Å². The maximum Gasteiger partial charge on any atom is 0.417 e. The Labute approximate surface area is 235 Å². The van der Waals surface area contributed by atoms with Crippen LogP contribution in [0.4, 0.5) is 26.4 Å². The van der Waals surface area contributed by atoms with Crippen LogP contribution in [0.2, 0.25) is 0 Å². The zero-order valence-corrected chi connectivity index (χ0v) is 22.9. The maximum atomic E-state index is 13.7. The van der Waals surface area contributed by atoms with Crippen LogP contribution in [0.1, 0.15) is 43.1 Å². The highest BCUT2D eigenvalue weighted by atomic mass is 19.1.